The number of carbonyl (C=O) groups excluding carboxylic acids is 1. The third kappa shape index (κ3) is 2.52. The van der Waals surface area contributed by atoms with E-state index in [2.05, 4.69) is 28.9 Å². The van der Waals surface area contributed by atoms with Gasteiger partial charge in [0.2, 0.25) is 5.95 Å². The van der Waals surface area contributed by atoms with E-state index in [4.69, 9.17) is 0 Å². The molecule has 0 spiro atoms. The maximum Gasteiger partial charge on any atom is 0.274 e. The first-order valence-corrected chi connectivity index (χ1v) is 8.64. The summed E-state index contributed by atoms with van der Waals surface area (Å²) in [6.45, 7) is 5.79. The molecule has 3 aromatic rings. The second-order valence-electron chi connectivity index (χ2n) is 6.81. The molecule has 4 heterocycles. The number of rotatable bonds is 2. The van der Waals surface area contributed by atoms with E-state index in [0.29, 0.717) is 21.9 Å². The van der Waals surface area contributed by atoms with Crippen LogP contribution in [-0.4, -0.2) is 43.6 Å². The Morgan fingerprint density at radius 1 is 1.38 bits per heavy atom. The van der Waals surface area contributed by atoms with Crippen molar-refractivity contribution in [1.29, 1.82) is 0 Å². The number of nitrogens with zero attached hydrogens (tertiary/aromatic N) is 4. The van der Waals surface area contributed by atoms with Gasteiger partial charge in [0.15, 0.2) is 5.69 Å². The molecule has 1 fully saturated rings. The highest BCUT2D eigenvalue weighted by Crippen LogP contribution is 2.29. The largest absolute Gasteiger partial charge is 0.337 e. The van der Waals surface area contributed by atoms with Gasteiger partial charge in [-0.1, -0.05) is 13.8 Å². The highest BCUT2D eigenvalue weighted by atomic mass is 32.1. The fourth-order valence-electron chi connectivity index (χ4n) is 2.97. The Morgan fingerprint density at radius 2 is 2.21 bits per heavy atom. The molecule has 1 aliphatic heterocycles. The third-order valence-electron chi connectivity index (χ3n) is 4.29. The molecule has 0 atom stereocenters. The average Bonchev–Trinajstić information content (AvgIpc) is 3.24. The van der Waals surface area contributed by atoms with Crippen LogP contribution in [-0.2, 0) is 0 Å². The van der Waals surface area contributed by atoms with E-state index in [1.165, 1.54) is 16.0 Å². The van der Waals surface area contributed by atoms with Gasteiger partial charge in [-0.05, 0) is 29.3 Å². The van der Waals surface area contributed by atoms with Gasteiger partial charge < -0.3 is 4.90 Å². The molecule has 1 saturated heterocycles. The zero-order valence-electron chi connectivity index (χ0n) is 13.4. The number of carbonyl (C=O) groups is 1. The first-order valence-electron chi connectivity index (χ1n) is 7.76. The van der Waals surface area contributed by atoms with Crippen LogP contribution in [0.1, 0.15) is 30.8 Å². The van der Waals surface area contributed by atoms with Gasteiger partial charge in [-0.15, -0.1) is 11.3 Å². The summed E-state index contributed by atoms with van der Waals surface area (Å²) >= 11 is 1.35. The van der Waals surface area contributed by atoms with Crippen LogP contribution in [0, 0.1) is 5.41 Å². The van der Waals surface area contributed by atoms with Gasteiger partial charge in [0.1, 0.15) is 4.70 Å². The summed E-state index contributed by atoms with van der Waals surface area (Å²) in [7, 11) is 0. The molecule has 8 heteroatoms. The van der Waals surface area contributed by atoms with E-state index in [-0.39, 0.29) is 16.9 Å². The summed E-state index contributed by atoms with van der Waals surface area (Å²) in [6, 6.07) is 3.45. The van der Waals surface area contributed by atoms with Crippen molar-refractivity contribution in [3.05, 3.63) is 39.8 Å². The molecule has 124 valence electrons. The van der Waals surface area contributed by atoms with Gasteiger partial charge in [-0.2, -0.15) is 5.10 Å². The Morgan fingerprint density at radius 3 is 2.96 bits per heavy atom. The van der Waals surface area contributed by atoms with E-state index < -0.39 is 0 Å². The number of hydrogen-bond acceptors (Lipinski definition) is 5. The van der Waals surface area contributed by atoms with Crippen molar-refractivity contribution in [2.45, 2.75) is 20.3 Å². The maximum absolute atomic E-state index is 12.6. The fraction of sp³-hybridized carbons (Fsp3) is 0.375. The summed E-state index contributed by atoms with van der Waals surface area (Å²) in [4.78, 5) is 33.6. The van der Waals surface area contributed by atoms with E-state index >= 15 is 0 Å². The topological polar surface area (TPSA) is 83.9 Å². The molecule has 3 aromatic heterocycles. The Labute approximate surface area is 141 Å². The summed E-state index contributed by atoms with van der Waals surface area (Å²) in [5.74, 6) is 0.227. The maximum atomic E-state index is 12.6. The Balaban J connectivity index is 1.64. The van der Waals surface area contributed by atoms with Gasteiger partial charge in [0.25, 0.3) is 11.5 Å². The summed E-state index contributed by atoms with van der Waals surface area (Å²) < 4.78 is 2.02. The van der Waals surface area contributed by atoms with Crippen molar-refractivity contribution < 1.29 is 4.79 Å². The molecule has 0 radical (unpaired) electrons. The summed E-state index contributed by atoms with van der Waals surface area (Å²) in [5.41, 5.74) is 0.938. The first kappa shape index (κ1) is 15.1. The molecule has 1 aliphatic rings. The Kier molecular flexibility index (Phi) is 3.31. The predicted molar refractivity (Wildman–Crippen MR) is 91.7 cm³/mol. The molecule has 24 heavy (non-hydrogen) atoms. The number of aromatic nitrogens is 4. The lowest BCUT2D eigenvalue weighted by Gasteiger charge is -2.18. The van der Waals surface area contributed by atoms with Crippen molar-refractivity contribution in [3.8, 4) is 5.95 Å². The second-order valence-corrected chi connectivity index (χ2v) is 7.73. The van der Waals surface area contributed by atoms with Crippen LogP contribution in [0.4, 0.5) is 0 Å². The first-order chi connectivity index (χ1) is 11.4. The molecule has 0 aliphatic carbocycles. The van der Waals surface area contributed by atoms with Gasteiger partial charge in [0, 0.05) is 19.3 Å². The zero-order valence-corrected chi connectivity index (χ0v) is 14.3. The molecule has 0 saturated carbocycles. The van der Waals surface area contributed by atoms with Crippen molar-refractivity contribution in [1.82, 2.24) is 24.6 Å². The molecule has 0 unspecified atom stereocenters. The molecule has 1 amide bonds. The lowest BCUT2D eigenvalue weighted by Crippen LogP contribution is -2.30. The molecular weight excluding hydrogens is 326 g/mol. The second kappa shape index (κ2) is 5.27. The minimum atomic E-state index is -0.199. The van der Waals surface area contributed by atoms with E-state index in [1.807, 2.05) is 10.3 Å². The standard InChI is InChI=1S/C16H17N5O2S/c1-16(2)5-7-20(9-16)14(23)11-3-6-21(19-11)15-17-10-4-8-24-12(10)13(22)18-15/h3-4,6,8H,5,7,9H2,1-2H3,(H,17,18,22). The smallest absolute Gasteiger partial charge is 0.274 e. The molecular formula is C16H17N5O2S. The number of likely N-dealkylation sites (tertiary alicyclic amines) is 1. The number of amides is 1. The van der Waals surface area contributed by atoms with Gasteiger partial charge in [-0.25, -0.2) is 9.67 Å². The zero-order chi connectivity index (χ0) is 16.9. The molecule has 4 rings (SSSR count). The molecule has 1 N–H and O–H groups in total. The van der Waals surface area contributed by atoms with E-state index in [1.54, 1.807) is 18.3 Å². The number of aromatic amines is 1. The molecule has 7 nitrogen and oxygen atoms in total. The fourth-order valence-corrected chi connectivity index (χ4v) is 3.70. The Bertz CT molecular complexity index is 984. The predicted octanol–water partition coefficient (Wildman–Crippen LogP) is 2.04. The quantitative estimate of drug-likeness (QED) is 0.772. The Hall–Kier alpha value is -2.48. The average molecular weight is 343 g/mol. The van der Waals surface area contributed by atoms with Crippen LogP contribution in [0.2, 0.25) is 0 Å². The minimum absolute atomic E-state index is 0.0849. The highest BCUT2D eigenvalue weighted by molar-refractivity contribution is 7.17. The minimum Gasteiger partial charge on any atom is -0.337 e. The lowest BCUT2D eigenvalue weighted by atomic mass is 9.93. The van der Waals surface area contributed by atoms with Gasteiger partial charge in [-0.3, -0.25) is 14.6 Å². The van der Waals surface area contributed by atoms with Crippen molar-refractivity contribution in [3.63, 3.8) is 0 Å². The third-order valence-corrected chi connectivity index (χ3v) is 5.19. The molecule has 0 bridgehead atoms. The monoisotopic (exact) mass is 343 g/mol. The summed E-state index contributed by atoms with van der Waals surface area (Å²) in [5, 5.41) is 6.12. The number of nitrogens with one attached hydrogen (secondary N) is 1. The van der Waals surface area contributed by atoms with Gasteiger partial charge in [0.05, 0.1) is 5.52 Å². The highest BCUT2D eigenvalue weighted by Gasteiger charge is 2.33. The number of thiophene rings is 1. The van der Waals surface area contributed by atoms with Crippen LogP contribution < -0.4 is 5.56 Å². The lowest BCUT2D eigenvalue weighted by molar-refractivity contribution is 0.0772. The normalized spacial score (nSPS) is 16.8. The SMILES string of the molecule is CC1(C)CCN(C(=O)c2ccn(-c3nc4ccsc4c(=O)[nH]3)n2)C1. The van der Waals surface area contributed by atoms with Crippen molar-refractivity contribution in [2.24, 2.45) is 5.41 Å². The number of hydrogen-bond donors (Lipinski definition) is 1. The van der Waals surface area contributed by atoms with E-state index in [9.17, 15) is 9.59 Å². The van der Waals surface area contributed by atoms with Crippen molar-refractivity contribution >= 4 is 27.5 Å². The summed E-state index contributed by atoms with van der Waals surface area (Å²) in [6.07, 6.45) is 2.63. The number of H-pyrrole nitrogens is 1. The van der Waals surface area contributed by atoms with Crippen molar-refractivity contribution in [2.75, 3.05) is 13.1 Å². The van der Waals surface area contributed by atoms with Crippen LogP contribution >= 0.6 is 11.3 Å². The van der Waals surface area contributed by atoms with E-state index in [0.717, 1.165) is 19.5 Å². The van der Waals surface area contributed by atoms with Crippen LogP contribution in [0.5, 0.6) is 0 Å². The number of fused-ring (bicyclic) bond motifs is 1. The molecule has 0 aromatic carbocycles. The van der Waals surface area contributed by atoms with Crippen LogP contribution in [0.25, 0.3) is 16.2 Å². The van der Waals surface area contributed by atoms with Crippen LogP contribution in [0.15, 0.2) is 28.5 Å². The van der Waals surface area contributed by atoms with Gasteiger partial charge >= 0.3 is 0 Å². The van der Waals surface area contributed by atoms with Crippen LogP contribution in [0.3, 0.4) is 0 Å².